The maximum Gasteiger partial charge on any atom is 0.168 e. The highest BCUT2D eigenvalue weighted by molar-refractivity contribution is 5.66. The number of hydrogen-bond acceptors (Lipinski definition) is 4. The summed E-state index contributed by atoms with van der Waals surface area (Å²) in [7, 11) is 0. The lowest BCUT2D eigenvalue weighted by molar-refractivity contribution is 0.574. The van der Waals surface area contributed by atoms with Gasteiger partial charge in [-0.05, 0) is 26.0 Å². The Hall–Kier alpha value is -2.62. The molecule has 0 atom stereocenters. The molecule has 1 aromatic heterocycles. The van der Waals surface area contributed by atoms with Crippen molar-refractivity contribution in [2.75, 3.05) is 11.1 Å². The van der Waals surface area contributed by atoms with Crippen LogP contribution in [-0.2, 0) is 0 Å². The van der Waals surface area contributed by atoms with Crippen LogP contribution in [0.3, 0.4) is 0 Å². The van der Waals surface area contributed by atoms with Gasteiger partial charge in [-0.3, -0.25) is 0 Å². The quantitative estimate of drug-likeness (QED) is 0.903. The van der Waals surface area contributed by atoms with E-state index < -0.39 is 11.6 Å². The zero-order valence-corrected chi connectivity index (χ0v) is 11.0. The van der Waals surface area contributed by atoms with Crippen molar-refractivity contribution < 1.29 is 8.78 Å². The molecule has 0 spiro atoms. The normalized spacial score (nSPS) is 10.6. The predicted molar refractivity (Wildman–Crippen MR) is 71.4 cm³/mol. The second-order valence-electron chi connectivity index (χ2n) is 4.53. The van der Waals surface area contributed by atoms with E-state index in [1.165, 1.54) is 6.07 Å². The van der Waals surface area contributed by atoms with Crippen molar-refractivity contribution in [1.82, 2.24) is 9.78 Å². The van der Waals surface area contributed by atoms with Crippen molar-refractivity contribution >= 4 is 11.6 Å². The molecular weight excluding hydrogens is 264 g/mol. The molecule has 20 heavy (non-hydrogen) atoms. The van der Waals surface area contributed by atoms with E-state index in [9.17, 15) is 8.78 Å². The van der Waals surface area contributed by atoms with E-state index in [2.05, 4.69) is 10.4 Å². The summed E-state index contributed by atoms with van der Waals surface area (Å²) in [5.74, 6) is -1.23. The maximum atomic E-state index is 13.8. The molecule has 0 radical (unpaired) electrons. The van der Waals surface area contributed by atoms with Crippen molar-refractivity contribution in [1.29, 1.82) is 5.26 Å². The number of nitrogens with zero attached hydrogens (tertiary/aromatic N) is 3. The van der Waals surface area contributed by atoms with Crippen molar-refractivity contribution in [3.63, 3.8) is 0 Å². The minimum absolute atomic E-state index is 0.00107. The summed E-state index contributed by atoms with van der Waals surface area (Å²) >= 11 is 0. The van der Waals surface area contributed by atoms with Crippen LogP contribution in [0.5, 0.6) is 0 Å². The SMILES string of the molecule is CC(C)Nc1nn(-c2ccc(F)cc2F)c(N)c1C#N. The second kappa shape index (κ2) is 5.17. The van der Waals surface area contributed by atoms with Gasteiger partial charge in [0.2, 0.25) is 0 Å². The number of hydrogen-bond donors (Lipinski definition) is 2. The Balaban J connectivity index is 2.58. The summed E-state index contributed by atoms with van der Waals surface area (Å²) in [4.78, 5) is 0. The third-order valence-electron chi connectivity index (χ3n) is 2.60. The lowest BCUT2D eigenvalue weighted by Crippen LogP contribution is -2.11. The van der Waals surface area contributed by atoms with E-state index in [0.717, 1.165) is 16.8 Å². The fraction of sp³-hybridized carbons (Fsp3) is 0.231. The number of nitrogens with one attached hydrogen (secondary N) is 1. The van der Waals surface area contributed by atoms with Crippen molar-refractivity contribution in [2.45, 2.75) is 19.9 Å². The molecule has 0 saturated carbocycles. The fourth-order valence-electron chi connectivity index (χ4n) is 1.75. The Kier molecular flexibility index (Phi) is 3.57. The Morgan fingerprint density at radius 1 is 1.40 bits per heavy atom. The van der Waals surface area contributed by atoms with Crippen molar-refractivity contribution in [3.8, 4) is 11.8 Å². The van der Waals surface area contributed by atoms with E-state index in [0.29, 0.717) is 0 Å². The molecule has 3 N–H and O–H groups in total. The molecule has 0 aliphatic heterocycles. The van der Waals surface area contributed by atoms with Crippen LogP contribution in [0.1, 0.15) is 19.4 Å². The molecule has 0 fully saturated rings. The second-order valence-corrected chi connectivity index (χ2v) is 4.53. The molecule has 0 amide bonds. The molecule has 0 aliphatic rings. The topological polar surface area (TPSA) is 79.7 Å². The van der Waals surface area contributed by atoms with Gasteiger partial charge in [0.25, 0.3) is 0 Å². The number of halogens is 2. The first kappa shape index (κ1) is 13.8. The van der Waals surface area contributed by atoms with Gasteiger partial charge >= 0.3 is 0 Å². The highest BCUT2D eigenvalue weighted by atomic mass is 19.1. The molecule has 0 aliphatic carbocycles. The van der Waals surface area contributed by atoms with Gasteiger partial charge in [-0.2, -0.15) is 5.26 Å². The molecule has 5 nitrogen and oxygen atoms in total. The van der Waals surface area contributed by atoms with Crippen molar-refractivity contribution in [2.24, 2.45) is 0 Å². The minimum atomic E-state index is -0.806. The Morgan fingerprint density at radius 3 is 2.65 bits per heavy atom. The van der Waals surface area contributed by atoms with Crippen molar-refractivity contribution in [3.05, 3.63) is 35.4 Å². The third kappa shape index (κ3) is 2.40. The number of nitrogens with two attached hydrogens (primary N) is 1. The smallest absolute Gasteiger partial charge is 0.168 e. The van der Waals surface area contributed by atoms with E-state index in [1.54, 1.807) is 0 Å². The Bertz CT molecular complexity index is 685. The monoisotopic (exact) mass is 277 g/mol. The number of nitriles is 1. The van der Waals surface area contributed by atoms with Crippen LogP contribution >= 0.6 is 0 Å². The zero-order chi connectivity index (χ0) is 14.9. The molecule has 0 saturated heterocycles. The largest absolute Gasteiger partial charge is 0.382 e. The molecule has 104 valence electrons. The van der Waals surface area contributed by atoms with Crippen LogP contribution in [-0.4, -0.2) is 15.8 Å². The maximum absolute atomic E-state index is 13.8. The van der Waals surface area contributed by atoms with Crippen LogP contribution in [0.4, 0.5) is 20.4 Å². The van der Waals surface area contributed by atoms with Gasteiger partial charge in [-0.1, -0.05) is 0 Å². The number of benzene rings is 1. The van der Waals surface area contributed by atoms with E-state index in [-0.39, 0.29) is 28.9 Å². The first-order valence-electron chi connectivity index (χ1n) is 5.94. The summed E-state index contributed by atoms with van der Waals surface area (Å²) in [5.41, 5.74) is 5.92. The first-order valence-corrected chi connectivity index (χ1v) is 5.94. The molecule has 0 unspecified atom stereocenters. The van der Waals surface area contributed by atoms with Gasteiger partial charge in [0.1, 0.15) is 29.0 Å². The number of anilines is 2. The summed E-state index contributed by atoms with van der Waals surface area (Å²) in [6, 6.07) is 5.00. The highest BCUT2D eigenvalue weighted by Gasteiger charge is 2.19. The summed E-state index contributed by atoms with van der Waals surface area (Å²) in [6.45, 7) is 3.74. The van der Waals surface area contributed by atoms with Gasteiger partial charge in [0, 0.05) is 12.1 Å². The van der Waals surface area contributed by atoms with Crippen LogP contribution in [0.15, 0.2) is 18.2 Å². The van der Waals surface area contributed by atoms with E-state index in [1.807, 2.05) is 19.9 Å². The van der Waals surface area contributed by atoms with Crippen LogP contribution < -0.4 is 11.1 Å². The van der Waals surface area contributed by atoms with Crippen LogP contribution in [0, 0.1) is 23.0 Å². The van der Waals surface area contributed by atoms with Gasteiger partial charge in [-0.25, -0.2) is 13.5 Å². The Morgan fingerprint density at radius 2 is 2.10 bits per heavy atom. The summed E-state index contributed by atoms with van der Waals surface area (Å²) in [6.07, 6.45) is 0. The number of aromatic nitrogens is 2. The van der Waals surface area contributed by atoms with Gasteiger partial charge < -0.3 is 11.1 Å². The first-order chi connectivity index (χ1) is 9.43. The van der Waals surface area contributed by atoms with Gasteiger partial charge in [0.15, 0.2) is 11.6 Å². The highest BCUT2D eigenvalue weighted by Crippen LogP contribution is 2.26. The molecular formula is C13H13F2N5. The van der Waals surface area contributed by atoms with Gasteiger partial charge in [-0.15, -0.1) is 5.10 Å². The Labute approximate surface area is 114 Å². The minimum Gasteiger partial charge on any atom is -0.382 e. The number of rotatable bonds is 3. The average molecular weight is 277 g/mol. The molecule has 1 aromatic carbocycles. The zero-order valence-electron chi connectivity index (χ0n) is 11.0. The lowest BCUT2D eigenvalue weighted by atomic mass is 10.2. The fourth-order valence-corrected chi connectivity index (χ4v) is 1.75. The molecule has 2 aromatic rings. The van der Waals surface area contributed by atoms with E-state index >= 15 is 0 Å². The summed E-state index contributed by atoms with van der Waals surface area (Å²) in [5, 5.41) is 16.1. The molecule has 2 rings (SSSR count). The predicted octanol–water partition coefficient (Wildman–Crippen LogP) is 2.42. The summed E-state index contributed by atoms with van der Waals surface area (Å²) < 4.78 is 27.8. The average Bonchev–Trinajstić information content (AvgIpc) is 2.65. The van der Waals surface area contributed by atoms with Crippen LogP contribution in [0.2, 0.25) is 0 Å². The third-order valence-corrected chi connectivity index (χ3v) is 2.60. The molecule has 1 heterocycles. The van der Waals surface area contributed by atoms with Gasteiger partial charge in [0.05, 0.1) is 0 Å². The molecule has 7 heteroatoms. The lowest BCUT2D eigenvalue weighted by Gasteiger charge is -2.06. The van der Waals surface area contributed by atoms with Crippen LogP contribution in [0.25, 0.3) is 5.69 Å². The number of nitrogen functional groups attached to an aromatic ring is 1. The molecule has 0 bridgehead atoms. The standard InChI is InChI=1S/C13H13F2N5/c1-7(2)18-13-9(6-16)12(17)20(19-13)11-4-3-8(14)5-10(11)15/h3-5,7H,17H2,1-2H3,(H,18,19). The van der Waals surface area contributed by atoms with E-state index in [4.69, 9.17) is 11.0 Å².